The number of unbranched alkanes of at least 4 members (excludes halogenated alkanes) is 3. The number of carbonyl (C=O) groups is 3. The van der Waals surface area contributed by atoms with Gasteiger partial charge in [-0.3, -0.25) is 14.5 Å². The zero-order valence-electron chi connectivity index (χ0n) is 24.2. The van der Waals surface area contributed by atoms with Crippen molar-refractivity contribution in [1.29, 1.82) is 0 Å². The number of benzene rings is 1. The van der Waals surface area contributed by atoms with Crippen molar-refractivity contribution < 1.29 is 23.6 Å². The van der Waals surface area contributed by atoms with E-state index in [-0.39, 0.29) is 31.1 Å². The highest BCUT2D eigenvalue weighted by atomic mass is 16.5. The highest BCUT2D eigenvalue weighted by Gasteiger charge is 2.24. The second-order valence-electron chi connectivity index (χ2n) is 10.8. The van der Waals surface area contributed by atoms with Gasteiger partial charge in [0.15, 0.2) is 0 Å². The number of hydrogen-bond donors (Lipinski definition) is 2. The molecule has 1 aliphatic rings. The van der Waals surface area contributed by atoms with E-state index in [1.165, 1.54) is 5.56 Å². The van der Waals surface area contributed by atoms with Gasteiger partial charge in [0.2, 0.25) is 11.8 Å². The summed E-state index contributed by atoms with van der Waals surface area (Å²) in [6, 6.07) is 11.3. The highest BCUT2D eigenvalue weighted by Crippen LogP contribution is 2.21. The van der Waals surface area contributed by atoms with Crippen LogP contribution >= 0.6 is 0 Å². The molecule has 1 atom stereocenters. The largest absolute Gasteiger partial charge is 0.464 e. The summed E-state index contributed by atoms with van der Waals surface area (Å²) in [6.07, 6.45) is 7.43. The molecule has 0 unspecified atom stereocenters. The van der Waals surface area contributed by atoms with Crippen LogP contribution in [-0.4, -0.2) is 60.1 Å². The predicted octanol–water partition coefficient (Wildman–Crippen LogP) is 4.33. The van der Waals surface area contributed by atoms with Gasteiger partial charge < -0.3 is 19.9 Å². The van der Waals surface area contributed by atoms with Crippen molar-refractivity contribution >= 4 is 17.8 Å². The summed E-state index contributed by atoms with van der Waals surface area (Å²) in [5, 5.41) is 9.51. The molecule has 0 saturated carbocycles. The summed E-state index contributed by atoms with van der Waals surface area (Å²) < 4.78 is 10.5. The SMILES string of the molecule is CCCCCCOC(=O)[C@H](CCC(=O)NCCC1CCN(Cc2ccccc2)CC1)NC(=O)Cc1cc(C)no1. The number of carbonyl (C=O) groups excluding carboxylic acids is 3. The molecule has 2 heterocycles. The van der Waals surface area contributed by atoms with Crippen LogP contribution in [0.4, 0.5) is 0 Å². The quantitative estimate of drug-likeness (QED) is 0.221. The number of nitrogens with zero attached hydrogens (tertiary/aromatic N) is 2. The average molecular weight is 555 g/mol. The molecule has 3 rings (SSSR count). The second-order valence-corrected chi connectivity index (χ2v) is 10.8. The monoisotopic (exact) mass is 554 g/mol. The molecule has 1 saturated heterocycles. The molecule has 9 nitrogen and oxygen atoms in total. The Morgan fingerprint density at radius 2 is 1.88 bits per heavy atom. The lowest BCUT2D eigenvalue weighted by Crippen LogP contribution is -2.43. The van der Waals surface area contributed by atoms with Crippen molar-refractivity contribution in [2.24, 2.45) is 5.92 Å². The summed E-state index contributed by atoms with van der Waals surface area (Å²) in [7, 11) is 0. The number of rotatable bonds is 17. The molecular formula is C31H46N4O5. The van der Waals surface area contributed by atoms with E-state index in [1.54, 1.807) is 13.0 Å². The summed E-state index contributed by atoms with van der Waals surface area (Å²) in [5.41, 5.74) is 2.02. The van der Waals surface area contributed by atoms with Crippen LogP contribution in [0.25, 0.3) is 0 Å². The van der Waals surface area contributed by atoms with Gasteiger partial charge in [-0.15, -0.1) is 0 Å². The van der Waals surface area contributed by atoms with Crippen LogP contribution in [0, 0.1) is 12.8 Å². The summed E-state index contributed by atoms with van der Waals surface area (Å²) in [6.45, 7) is 7.95. The van der Waals surface area contributed by atoms with Crippen molar-refractivity contribution in [1.82, 2.24) is 20.7 Å². The molecule has 1 fully saturated rings. The molecule has 220 valence electrons. The van der Waals surface area contributed by atoms with Crippen molar-refractivity contribution in [2.45, 2.75) is 90.6 Å². The van der Waals surface area contributed by atoms with Crippen LogP contribution in [0.5, 0.6) is 0 Å². The number of nitrogens with one attached hydrogen (secondary N) is 2. The van der Waals surface area contributed by atoms with Gasteiger partial charge in [-0.1, -0.05) is 61.7 Å². The third kappa shape index (κ3) is 11.9. The molecule has 2 N–H and O–H groups in total. The van der Waals surface area contributed by atoms with Gasteiger partial charge in [-0.25, -0.2) is 4.79 Å². The predicted molar refractivity (Wildman–Crippen MR) is 153 cm³/mol. The van der Waals surface area contributed by atoms with Crippen LogP contribution < -0.4 is 10.6 Å². The Balaban J connectivity index is 1.37. The molecule has 9 heteroatoms. The molecule has 2 aromatic rings. The van der Waals surface area contributed by atoms with Crippen molar-refractivity contribution in [2.75, 3.05) is 26.2 Å². The second kappa shape index (κ2) is 17.5. The standard InChI is InChI=1S/C31H46N4O5/c1-3-4-5-9-20-39-31(38)28(33-30(37)22-27-21-24(2)34-40-27)12-13-29(36)32-17-14-25-15-18-35(19-16-25)23-26-10-7-6-8-11-26/h6-8,10-11,21,25,28H,3-5,9,12-20,22-23H2,1-2H3,(H,32,36)(H,33,37)/t28-/m0/s1. The highest BCUT2D eigenvalue weighted by molar-refractivity contribution is 5.86. The minimum atomic E-state index is -0.887. The van der Waals surface area contributed by atoms with E-state index in [0.29, 0.717) is 30.5 Å². The Bertz CT molecular complexity index is 1030. The number of ether oxygens (including phenoxy) is 1. The summed E-state index contributed by atoms with van der Waals surface area (Å²) >= 11 is 0. The smallest absolute Gasteiger partial charge is 0.328 e. The molecule has 1 aromatic carbocycles. The molecular weight excluding hydrogens is 508 g/mol. The average Bonchev–Trinajstić information content (AvgIpc) is 3.36. The minimum Gasteiger partial charge on any atom is -0.464 e. The van der Waals surface area contributed by atoms with Crippen molar-refractivity contribution in [3.63, 3.8) is 0 Å². The Kier molecular flexibility index (Phi) is 13.7. The van der Waals surface area contributed by atoms with Gasteiger partial charge >= 0.3 is 5.97 Å². The number of esters is 1. The summed E-state index contributed by atoms with van der Waals surface area (Å²) in [4.78, 5) is 40.4. The molecule has 0 radical (unpaired) electrons. The fraction of sp³-hybridized carbons (Fsp3) is 0.613. The first-order valence-corrected chi connectivity index (χ1v) is 14.8. The molecule has 0 spiro atoms. The molecule has 1 aliphatic heterocycles. The zero-order chi connectivity index (χ0) is 28.6. The van der Waals surface area contributed by atoms with Gasteiger partial charge in [-0.2, -0.15) is 0 Å². The first-order valence-electron chi connectivity index (χ1n) is 14.8. The molecule has 40 heavy (non-hydrogen) atoms. The van der Waals surface area contributed by atoms with E-state index in [4.69, 9.17) is 9.26 Å². The Morgan fingerprint density at radius 3 is 2.58 bits per heavy atom. The number of aromatic nitrogens is 1. The first-order chi connectivity index (χ1) is 19.4. The van der Waals surface area contributed by atoms with E-state index >= 15 is 0 Å². The topological polar surface area (TPSA) is 114 Å². The van der Waals surface area contributed by atoms with E-state index in [9.17, 15) is 14.4 Å². The number of hydrogen-bond acceptors (Lipinski definition) is 7. The number of aryl methyl sites for hydroxylation is 1. The number of piperidine rings is 1. The Hall–Kier alpha value is -3.20. The maximum atomic E-state index is 12.7. The lowest BCUT2D eigenvalue weighted by molar-refractivity contribution is -0.148. The lowest BCUT2D eigenvalue weighted by Gasteiger charge is -2.32. The van der Waals surface area contributed by atoms with Crippen LogP contribution in [0.1, 0.15) is 81.7 Å². The van der Waals surface area contributed by atoms with E-state index < -0.39 is 12.0 Å². The normalized spacial score (nSPS) is 14.9. The fourth-order valence-corrected chi connectivity index (χ4v) is 5.01. The third-order valence-electron chi connectivity index (χ3n) is 7.36. The maximum absolute atomic E-state index is 12.7. The van der Waals surface area contributed by atoms with Gasteiger partial charge in [0, 0.05) is 25.6 Å². The molecule has 0 bridgehead atoms. The summed E-state index contributed by atoms with van der Waals surface area (Å²) in [5.74, 6) is 0.0197. The fourth-order valence-electron chi connectivity index (χ4n) is 5.01. The van der Waals surface area contributed by atoms with Crippen LogP contribution in [0.15, 0.2) is 40.9 Å². The van der Waals surface area contributed by atoms with Gasteiger partial charge in [0.1, 0.15) is 11.8 Å². The van der Waals surface area contributed by atoms with Crippen LogP contribution in [0.3, 0.4) is 0 Å². The maximum Gasteiger partial charge on any atom is 0.328 e. The van der Waals surface area contributed by atoms with Crippen molar-refractivity contribution in [3.05, 3.63) is 53.4 Å². The van der Waals surface area contributed by atoms with Crippen LogP contribution in [-0.2, 0) is 32.1 Å². The van der Waals surface area contributed by atoms with E-state index in [1.807, 2.05) is 6.07 Å². The molecule has 0 aliphatic carbocycles. The molecule has 1 aromatic heterocycles. The Morgan fingerprint density at radius 1 is 1.10 bits per heavy atom. The third-order valence-corrected chi connectivity index (χ3v) is 7.36. The van der Waals surface area contributed by atoms with Gasteiger partial charge in [-0.05, 0) is 63.6 Å². The van der Waals surface area contributed by atoms with Crippen LogP contribution in [0.2, 0.25) is 0 Å². The van der Waals surface area contributed by atoms with Gasteiger partial charge in [0.25, 0.3) is 0 Å². The first kappa shape index (κ1) is 31.3. The van der Waals surface area contributed by atoms with Gasteiger partial charge in [0.05, 0.1) is 18.7 Å². The lowest BCUT2D eigenvalue weighted by atomic mass is 9.93. The molecule has 2 amide bonds. The van der Waals surface area contributed by atoms with E-state index in [0.717, 1.165) is 64.6 Å². The Labute approximate surface area is 238 Å². The van der Waals surface area contributed by atoms with E-state index in [2.05, 4.69) is 51.9 Å². The zero-order valence-corrected chi connectivity index (χ0v) is 24.2. The number of likely N-dealkylation sites (tertiary alicyclic amines) is 1. The number of amides is 2. The minimum absolute atomic E-state index is 0.0303. The van der Waals surface area contributed by atoms with Crippen molar-refractivity contribution in [3.8, 4) is 0 Å².